The Morgan fingerprint density at radius 3 is 2.75 bits per heavy atom. The van der Waals surface area contributed by atoms with Crippen molar-refractivity contribution in [3.63, 3.8) is 0 Å². The third kappa shape index (κ3) is 3.42. The van der Waals surface area contributed by atoms with E-state index in [0.29, 0.717) is 18.3 Å². The molecular weight excluding hydrogens is 322 g/mol. The van der Waals surface area contributed by atoms with Crippen LogP contribution in [0.5, 0.6) is 0 Å². The molecule has 110 valence electrons. The molecule has 1 aliphatic carbocycles. The molecule has 1 aliphatic rings. The van der Waals surface area contributed by atoms with Gasteiger partial charge in [-0.1, -0.05) is 6.92 Å². The van der Waals surface area contributed by atoms with Crippen molar-refractivity contribution >= 4 is 27.7 Å². The zero-order valence-corrected chi connectivity index (χ0v) is 13.4. The van der Waals surface area contributed by atoms with Gasteiger partial charge < -0.3 is 14.8 Å². The van der Waals surface area contributed by atoms with Crippen LogP contribution in [0.2, 0.25) is 0 Å². The molecule has 0 unspecified atom stereocenters. The summed E-state index contributed by atoms with van der Waals surface area (Å²) in [7, 11) is 1.58. The lowest BCUT2D eigenvalue weighted by atomic mass is 10.3. The van der Waals surface area contributed by atoms with E-state index in [-0.39, 0.29) is 18.4 Å². The number of hydrogen-bond acceptors (Lipinski definition) is 2. The van der Waals surface area contributed by atoms with E-state index in [1.54, 1.807) is 11.9 Å². The highest BCUT2D eigenvalue weighted by atomic mass is 79.9. The molecule has 0 saturated heterocycles. The average molecular weight is 342 g/mol. The molecule has 1 heterocycles. The number of carbonyl (C=O) groups is 2. The maximum absolute atomic E-state index is 12.7. The van der Waals surface area contributed by atoms with Gasteiger partial charge in [-0.15, -0.1) is 0 Å². The topological polar surface area (TPSA) is 54.3 Å². The lowest BCUT2D eigenvalue weighted by Crippen LogP contribution is -2.40. The number of aromatic nitrogens is 1. The number of halogens is 1. The van der Waals surface area contributed by atoms with E-state index >= 15 is 0 Å². The Morgan fingerprint density at radius 2 is 2.20 bits per heavy atom. The van der Waals surface area contributed by atoms with Crippen LogP contribution in [0, 0.1) is 0 Å². The second-order valence-corrected chi connectivity index (χ2v) is 6.00. The monoisotopic (exact) mass is 341 g/mol. The third-order valence-corrected chi connectivity index (χ3v) is 3.80. The van der Waals surface area contributed by atoms with Crippen molar-refractivity contribution in [2.45, 2.75) is 32.2 Å². The molecule has 1 aromatic heterocycles. The first kappa shape index (κ1) is 15.1. The minimum atomic E-state index is -0.143. The standard InChI is InChI=1S/C14H20BrN3O2/c1-3-6-17(9-13(19)16-2)14(20)12-7-10(15)8-18(12)11-4-5-11/h7-8,11H,3-6,9H2,1-2H3,(H,16,19). The molecule has 0 aliphatic heterocycles. The fourth-order valence-electron chi connectivity index (χ4n) is 2.21. The molecule has 5 nitrogen and oxygen atoms in total. The summed E-state index contributed by atoms with van der Waals surface area (Å²) in [5, 5.41) is 2.57. The maximum atomic E-state index is 12.7. The summed E-state index contributed by atoms with van der Waals surface area (Å²) in [5.41, 5.74) is 0.664. The van der Waals surface area contributed by atoms with Crippen molar-refractivity contribution in [1.29, 1.82) is 0 Å². The second kappa shape index (κ2) is 6.43. The molecule has 0 aromatic carbocycles. The minimum absolute atomic E-state index is 0.0759. The van der Waals surface area contributed by atoms with Crippen molar-refractivity contribution in [2.75, 3.05) is 20.1 Å². The fraction of sp³-hybridized carbons (Fsp3) is 0.571. The minimum Gasteiger partial charge on any atom is -0.358 e. The third-order valence-electron chi connectivity index (χ3n) is 3.37. The number of likely N-dealkylation sites (N-methyl/N-ethyl adjacent to an activating group) is 1. The smallest absolute Gasteiger partial charge is 0.270 e. The van der Waals surface area contributed by atoms with Gasteiger partial charge in [0.15, 0.2) is 0 Å². The molecule has 1 fully saturated rings. The van der Waals surface area contributed by atoms with Crippen LogP contribution in [0.1, 0.15) is 42.7 Å². The SMILES string of the molecule is CCCN(CC(=O)NC)C(=O)c1cc(Br)cn1C1CC1. The molecule has 0 atom stereocenters. The van der Waals surface area contributed by atoms with Crippen LogP contribution in [0.4, 0.5) is 0 Å². The number of nitrogens with one attached hydrogen (secondary N) is 1. The van der Waals surface area contributed by atoms with Gasteiger partial charge in [0.2, 0.25) is 5.91 Å². The summed E-state index contributed by atoms with van der Waals surface area (Å²) >= 11 is 3.43. The Bertz CT molecular complexity index is 509. The Kier molecular flexibility index (Phi) is 4.86. The average Bonchev–Trinajstić information content (AvgIpc) is 3.20. The molecule has 0 spiro atoms. The summed E-state index contributed by atoms with van der Waals surface area (Å²) in [5.74, 6) is -0.219. The van der Waals surface area contributed by atoms with E-state index in [2.05, 4.69) is 21.2 Å². The molecule has 1 saturated carbocycles. The highest BCUT2D eigenvalue weighted by molar-refractivity contribution is 9.10. The molecular formula is C14H20BrN3O2. The quantitative estimate of drug-likeness (QED) is 0.862. The van der Waals surface area contributed by atoms with Crippen molar-refractivity contribution in [3.05, 3.63) is 22.4 Å². The van der Waals surface area contributed by atoms with Crippen LogP contribution in [0.15, 0.2) is 16.7 Å². The van der Waals surface area contributed by atoms with Gasteiger partial charge in [-0.3, -0.25) is 9.59 Å². The summed E-state index contributed by atoms with van der Waals surface area (Å²) in [6, 6.07) is 2.27. The number of rotatable bonds is 6. The van der Waals surface area contributed by atoms with Crippen molar-refractivity contribution in [3.8, 4) is 0 Å². The zero-order valence-electron chi connectivity index (χ0n) is 11.9. The summed E-state index contributed by atoms with van der Waals surface area (Å²) in [6.07, 6.45) is 5.01. The second-order valence-electron chi connectivity index (χ2n) is 5.08. The van der Waals surface area contributed by atoms with Gasteiger partial charge in [-0.05, 0) is 41.3 Å². The van der Waals surface area contributed by atoms with Gasteiger partial charge in [0.1, 0.15) is 5.69 Å². The van der Waals surface area contributed by atoms with E-state index in [0.717, 1.165) is 23.7 Å². The molecule has 20 heavy (non-hydrogen) atoms. The van der Waals surface area contributed by atoms with Crippen LogP contribution in [-0.4, -0.2) is 41.4 Å². The lowest BCUT2D eigenvalue weighted by Gasteiger charge is -2.22. The first-order chi connectivity index (χ1) is 9.56. The van der Waals surface area contributed by atoms with E-state index in [9.17, 15) is 9.59 Å². The van der Waals surface area contributed by atoms with Crippen LogP contribution < -0.4 is 5.32 Å². The van der Waals surface area contributed by atoms with Gasteiger partial charge >= 0.3 is 0 Å². The summed E-state index contributed by atoms with van der Waals surface area (Å²) < 4.78 is 2.93. The fourth-order valence-corrected chi connectivity index (χ4v) is 2.65. The highest BCUT2D eigenvalue weighted by Gasteiger charge is 2.29. The largest absolute Gasteiger partial charge is 0.358 e. The lowest BCUT2D eigenvalue weighted by molar-refractivity contribution is -0.121. The van der Waals surface area contributed by atoms with Crippen LogP contribution in [0.3, 0.4) is 0 Å². The number of nitrogens with zero attached hydrogens (tertiary/aromatic N) is 2. The first-order valence-electron chi connectivity index (χ1n) is 6.94. The van der Waals surface area contributed by atoms with Crippen molar-refractivity contribution in [2.24, 2.45) is 0 Å². The molecule has 1 aromatic rings. The predicted molar refractivity (Wildman–Crippen MR) is 80.7 cm³/mol. The molecule has 0 radical (unpaired) electrons. The van der Waals surface area contributed by atoms with E-state index in [1.807, 2.05) is 23.8 Å². The maximum Gasteiger partial charge on any atom is 0.270 e. The van der Waals surface area contributed by atoms with Gasteiger partial charge in [0, 0.05) is 30.3 Å². The normalized spacial score (nSPS) is 14.2. The van der Waals surface area contributed by atoms with Gasteiger partial charge in [0.05, 0.1) is 6.54 Å². The van der Waals surface area contributed by atoms with Gasteiger partial charge in [-0.2, -0.15) is 0 Å². The van der Waals surface area contributed by atoms with Crippen LogP contribution in [0.25, 0.3) is 0 Å². The number of hydrogen-bond donors (Lipinski definition) is 1. The highest BCUT2D eigenvalue weighted by Crippen LogP contribution is 2.37. The van der Waals surface area contributed by atoms with E-state index in [4.69, 9.17) is 0 Å². The molecule has 2 rings (SSSR count). The molecule has 2 amide bonds. The Hall–Kier alpha value is -1.30. The summed E-state index contributed by atoms with van der Waals surface area (Å²) in [4.78, 5) is 25.8. The van der Waals surface area contributed by atoms with Crippen molar-refractivity contribution in [1.82, 2.24) is 14.8 Å². The first-order valence-corrected chi connectivity index (χ1v) is 7.73. The molecule has 0 bridgehead atoms. The summed E-state index contributed by atoms with van der Waals surface area (Å²) in [6.45, 7) is 2.69. The van der Waals surface area contributed by atoms with Gasteiger partial charge in [0.25, 0.3) is 5.91 Å². The number of carbonyl (C=O) groups excluding carboxylic acids is 2. The number of amides is 2. The Labute approximate surface area is 127 Å². The Balaban J connectivity index is 2.20. The molecule has 6 heteroatoms. The zero-order chi connectivity index (χ0) is 14.7. The van der Waals surface area contributed by atoms with Crippen LogP contribution in [-0.2, 0) is 4.79 Å². The van der Waals surface area contributed by atoms with Gasteiger partial charge in [-0.25, -0.2) is 0 Å². The van der Waals surface area contributed by atoms with E-state index in [1.165, 1.54) is 0 Å². The predicted octanol–water partition coefficient (Wildman–Crippen LogP) is 2.18. The van der Waals surface area contributed by atoms with Crippen LogP contribution >= 0.6 is 15.9 Å². The van der Waals surface area contributed by atoms with E-state index < -0.39 is 0 Å². The van der Waals surface area contributed by atoms with Crippen molar-refractivity contribution < 1.29 is 9.59 Å². The molecule has 1 N–H and O–H groups in total. The Morgan fingerprint density at radius 1 is 1.50 bits per heavy atom.